The summed E-state index contributed by atoms with van der Waals surface area (Å²) in [7, 11) is 0. The summed E-state index contributed by atoms with van der Waals surface area (Å²) < 4.78 is 0.795. The molecule has 1 heterocycles. The molecule has 0 saturated heterocycles. The van der Waals surface area contributed by atoms with E-state index < -0.39 is 6.04 Å². The molecule has 6 heteroatoms. The predicted molar refractivity (Wildman–Crippen MR) is 107 cm³/mol. The van der Waals surface area contributed by atoms with Crippen LogP contribution in [0.2, 0.25) is 0 Å². The number of hydrogen-bond donors (Lipinski definition) is 3. The molecule has 0 aromatic heterocycles. The number of rotatable bonds is 3. The molecule has 3 aromatic carbocycles. The normalized spacial score (nSPS) is 15.7. The lowest BCUT2D eigenvalue weighted by Gasteiger charge is -2.16. The van der Waals surface area contributed by atoms with E-state index in [0.717, 1.165) is 26.6 Å². The Bertz CT molecular complexity index is 1010. The number of halogens is 1. The molecule has 3 N–H and O–H groups in total. The van der Waals surface area contributed by atoms with Gasteiger partial charge in [-0.3, -0.25) is 9.59 Å². The molecule has 0 spiro atoms. The third kappa shape index (κ3) is 3.15. The van der Waals surface area contributed by atoms with Gasteiger partial charge in [-0.2, -0.15) is 0 Å². The van der Waals surface area contributed by atoms with E-state index in [1.807, 2.05) is 54.6 Å². The van der Waals surface area contributed by atoms with Gasteiger partial charge in [0.1, 0.15) is 6.04 Å². The summed E-state index contributed by atoms with van der Waals surface area (Å²) in [4.78, 5) is 25.1. The first-order valence-corrected chi connectivity index (χ1v) is 9.04. The summed E-state index contributed by atoms with van der Waals surface area (Å²) in [5, 5.41) is 11.0. The Morgan fingerprint density at radius 3 is 2.50 bits per heavy atom. The quantitative estimate of drug-likeness (QED) is 0.601. The number of benzene rings is 3. The molecule has 3 aromatic rings. The zero-order chi connectivity index (χ0) is 18.1. The van der Waals surface area contributed by atoms with E-state index in [-0.39, 0.29) is 18.2 Å². The van der Waals surface area contributed by atoms with Crippen molar-refractivity contribution in [3.05, 3.63) is 65.1 Å². The van der Waals surface area contributed by atoms with Crippen LogP contribution in [0, 0.1) is 0 Å². The van der Waals surface area contributed by atoms with Gasteiger partial charge in [-0.05, 0) is 45.6 Å². The van der Waals surface area contributed by atoms with Gasteiger partial charge in [0.15, 0.2) is 0 Å². The number of anilines is 3. The van der Waals surface area contributed by atoms with Crippen LogP contribution in [-0.4, -0.2) is 17.9 Å². The van der Waals surface area contributed by atoms with Crippen molar-refractivity contribution in [1.82, 2.24) is 0 Å². The molecular formula is C20H16BrN3O2. The van der Waals surface area contributed by atoms with Crippen molar-refractivity contribution in [3.63, 3.8) is 0 Å². The highest BCUT2D eigenvalue weighted by atomic mass is 79.9. The molecule has 0 aliphatic carbocycles. The minimum atomic E-state index is -0.657. The van der Waals surface area contributed by atoms with Crippen molar-refractivity contribution >= 4 is 55.6 Å². The molecule has 26 heavy (non-hydrogen) atoms. The topological polar surface area (TPSA) is 70.2 Å². The zero-order valence-corrected chi connectivity index (χ0v) is 15.3. The molecule has 1 atom stereocenters. The lowest BCUT2D eigenvalue weighted by molar-refractivity contribution is -0.121. The van der Waals surface area contributed by atoms with Crippen LogP contribution < -0.4 is 16.0 Å². The Morgan fingerprint density at radius 1 is 1.00 bits per heavy atom. The van der Waals surface area contributed by atoms with Crippen molar-refractivity contribution < 1.29 is 9.59 Å². The molecule has 0 bridgehead atoms. The maximum absolute atomic E-state index is 12.6. The fourth-order valence-electron chi connectivity index (χ4n) is 3.13. The number of nitrogens with one attached hydrogen (secondary N) is 3. The summed E-state index contributed by atoms with van der Waals surface area (Å²) in [6, 6.07) is 18.3. The smallest absolute Gasteiger partial charge is 0.247 e. The van der Waals surface area contributed by atoms with Crippen molar-refractivity contribution in [2.24, 2.45) is 0 Å². The van der Waals surface area contributed by atoms with E-state index >= 15 is 0 Å². The van der Waals surface area contributed by atoms with Crippen LogP contribution in [0.25, 0.3) is 10.8 Å². The van der Waals surface area contributed by atoms with Crippen LogP contribution in [0.4, 0.5) is 17.1 Å². The summed E-state index contributed by atoms with van der Waals surface area (Å²) in [6.07, 6.45) is 0.0253. The molecule has 1 unspecified atom stereocenters. The first kappa shape index (κ1) is 16.6. The standard InChI is InChI=1S/C20H16BrN3O2/c21-13-7-1-2-8-14(13)23-18(25)11-17-20(26)24-16-10-4-6-12-5-3-9-15(22-17)19(12)16/h1-10,17,22H,11H2,(H,23,25)(H,24,26). The highest BCUT2D eigenvalue weighted by Crippen LogP contribution is 2.33. The van der Waals surface area contributed by atoms with Gasteiger partial charge in [-0.1, -0.05) is 36.4 Å². The van der Waals surface area contributed by atoms with Gasteiger partial charge in [-0.25, -0.2) is 0 Å². The average molecular weight is 410 g/mol. The Kier molecular flexibility index (Phi) is 4.34. The Balaban J connectivity index is 1.57. The molecule has 1 aliphatic heterocycles. The fourth-order valence-corrected chi connectivity index (χ4v) is 3.52. The van der Waals surface area contributed by atoms with Crippen LogP contribution in [0.15, 0.2) is 65.1 Å². The molecule has 4 rings (SSSR count). The van der Waals surface area contributed by atoms with E-state index in [0.29, 0.717) is 5.69 Å². The second kappa shape index (κ2) is 6.80. The number of para-hydroxylation sites is 1. The number of carbonyl (C=O) groups is 2. The third-order valence-corrected chi connectivity index (χ3v) is 5.04. The molecule has 1 aliphatic rings. The van der Waals surface area contributed by atoms with Crippen LogP contribution >= 0.6 is 15.9 Å². The van der Waals surface area contributed by atoms with Crippen LogP contribution in [0.1, 0.15) is 6.42 Å². The first-order valence-electron chi connectivity index (χ1n) is 8.25. The van der Waals surface area contributed by atoms with E-state index in [9.17, 15) is 9.59 Å². The monoisotopic (exact) mass is 409 g/mol. The molecule has 0 radical (unpaired) electrons. The second-order valence-electron chi connectivity index (χ2n) is 6.13. The predicted octanol–water partition coefficient (Wildman–Crippen LogP) is 4.36. The molecule has 0 saturated carbocycles. The van der Waals surface area contributed by atoms with Gasteiger partial charge in [0, 0.05) is 15.5 Å². The Labute approximate surface area is 158 Å². The Morgan fingerprint density at radius 2 is 1.73 bits per heavy atom. The number of hydrogen-bond acceptors (Lipinski definition) is 3. The van der Waals surface area contributed by atoms with Crippen molar-refractivity contribution in [3.8, 4) is 0 Å². The SMILES string of the molecule is O=C(CC1Nc2cccc3cccc(c23)NC1=O)Nc1ccccc1Br. The van der Waals surface area contributed by atoms with Crippen molar-refractivity contribution in [2.45, 2.75) is 12.5 Å². The first-order chi connectivity index (χ1) is 12.6. The van der Waals surface area contributed by atoms with Crippen LogP contribution in [0.5, 0.6) is 0 Å². The zero-order valence-electron chi connectivity index (χ0n) is 13.8. The van der Waals surface area contributed by atoms with Gasteiger partial charge in [0.25, 0.3) is 0 Å². The minimum Gasteiger partial charge on any atom is -0.373 e. The van der Waals surface area contributed by atoms with Crippen molar-refractivity contribution in [1.29, 1.82) is 0 Å². The van der Waals surface area contributed by atoms with E-state index in [1.165, 1.54) is 0 Å². The molecular weight excluding hydrogens is 394 g/mol. The molecule has 5 nitrogen and oxygen atoms in total. The van der Waals surface area contributed by atoms with Gasteiger partial charge in [0.05, 0.1) is 17.8 Å². The summed E-state index contributed by atoms with van der Waals surface area (Å²) in [5.74, 6) is -0.460. The molecule has 130 valence electrons. The van der Waals surface area contributed by atoms with Gasteiger partial charge < -0.3 is 16.0 Å². The van der Waals surface area contributed by atoms with Gasteiger partial charge in [0.2, 0.25) is 11.8 Å². The average Bonchev–Trinajstić information content (AvgIpc) is 2.76. The Hall–Kier alpha value is -2.86. The maximum atomic E-state index is 12.6. The lowest BCUT2D eigenvalue weighted by atomic mass is 10.1. The van der Waals surface area contributed by atoms with E-state index in [4.69, 9.17) is 0 Å². The second-order valence-corrected chi connectivity index (χ2v) is 6.98. The van der Waals surface area contributed by atoms with Gasteiger partial charge in [-0.15, -0.1) is 0 Å². The summed E-state index contributed by atoms with van der Waals surface area (Å²) in [6.45, 7) is 0. The minimum absolute atomic E-state index is 0.0253. The maximum Gasteiger partial charge on any atom is 0.247 e. The van der Waals surface area contributed by atoms with Crippen LogP contribution in [0.3, 0.4) is 0 Å². The molecule has 0 fully saturated rings. The number of carbonyl (C=O) groups excluding carboxylic acids is 2. The molecule has 2 amide bonds. The summed E-state index contributed by atoms with van der Waals surface area (Å²) >= 11 is 3.40. The lowest BCUT2D eigenvalue weighted by Crippen LogP contribution is -2.36. The highest BCUT2D eigenvalue weighted by Gasteiger charge is 2.26. The number of amides is 2. The van der Waals surface area contributed by atoms with Crippen molar-refractivity contribution in [2.75, 3.05) is 16.0 Å². The van der Waals surface area contributed by atoms with E-state index in [2.05, 4.69) is 31.9 Å². The summed E-state index contributed by atoms with van der Waals surface area (Å²) in [5.41, 5.74) is 2.27. The largest absolute Gasteiger partial charge is 0.373 e. The third-order valence-electron chi connectivity index (χ3n) is 4.35. The van der Waals surface area contributed by atoms with E-state index in [1.54, 1.807) is 6.07 Å². The van der Waals surface area contributed by atoms with Gasteiger partial charge >= 0.3 is 0 Å². The highest BCUT2D eigenvalue weighted by molar-refractivity contribution is 9.10. The fraction of sp³-hybridized carbons (Fsp3) is 0.100. The van der Waals surface area contributed by atoms with Crippen LogP contribution in [-0.2, 0) is 9.59 Å².